The molecule has 3 aromatic rings. The lowest BCUT2D eigenvalue weighted by Gasteiger charge is -2.12. The molecule has 0 bridgehead atoms. The second-order valence-corrected chi connectivity index (χ2v) is 5.52. The van der Waals surface area contributed by atoms with E-state index in [-0.39, 0.29) is 16.9 Å². The van der Waals surface area contributed by atoms with Crippen molar-refractivity contribution in [3.05, 3.63) is 71.2 Å². The molecule has 0 aliphatic heterocycles. The molecule has 0 atom stereocenters. The summed E-state index contributed by atoms with van der Waals surface area (Å²) in [7, 11) is 0. The first kappa shape index (κ1) is 17.0. The van der Waals surface area contributed by atoms with Crippen LogP contribution in [0.4, 0.5) is 18.9 Å². The molecule has 0 saturated heterocycles. The highest BCUT2D eigenvalue weighted by molar-refractivity contribution is 6.30. The van der Waals surface area contributed by atoms with Gasteiger partial charge in [-0.05, 0) is 42.5 Å². The van der Waals surface area contributed by atoms with Crippen molar-refractivity contribution >= 4 is 23.2 Å². The number of halogens is 4. The molecule has 1 amide bonds. The Morgan fingerprint density at radius 1 is 1.12 bits per heavy atom. The van der Waals surface area contributed by atoms with E-state index in [2.05, 4.69) is 10.3 Å². The maximum absolute atomic E-state index is 13.0. The third kappa shape index (κ3) is 3.83. The third-order valence-electron chi connectivity index (χ3n) is 3.39. The molecule has 1 aromatic heterocycles. The molecular weight excluding hydrogens is 357 g/mol. The molecule has 4 nitrogen and oxygen atoms in total. The van der Waals surface area contributed by atoms with Crippen LogP contribution >= 0.6 is 11.6 Å². The normalized spacial score (nSPS) is 11.4. The van der Waals surface area contributed by atoms with Crippen LogP contribution in [0.2, 0.25) is 5.02 Å². The summed E-state index contributed by atoms with van der Waals surface area (Å²) in [6.07, 6.45) is -2.22. The zero-order chi connectivity index (χ0) is 18.0. The highest BCUT2D eigenvalue weighted by Gasteiger charge is 2.32. The molecule has 1 N–H and O–H groups in total. The summed E-state index contributed by atoms with van der Waals surface area (Å²) in [5.41, 5.74) is -0.404. The maximum atomic E-state index is 13.0. The smallest absolute Gasteiger partial charge is 0.416 e. The van der Waals surface area contributed by atoms with Gasteiger partial charge in [0.15, 0.2) is 12.2 Å². The van der Waals surface area contributed by atoms with E-state index >= 15 is 0 Å². The van der Waals surface area contributed by atoms with Crippen LogP contribution in [0.25, 0.3) is 11.3 Å². The number of hydrogen-bond donors (Lipinski definition) is 1. The number of hydrogen-bond acceptors (Lipinski definition) is 3. The predicted octanol–water partition coefficient (Wildman–Crippen LogP) is 5.27. The molecule has 0 saturated carbocycles. The van der Waals surface area contributed by atoms with Crippen molar-refractivity contribution in [3.63, 3.8) is 0 Å². The first-order valence-electron chi connectivity index (χ1n) is 7.01. The van der Waals surface area contributed by atoms with Crippen LogP contribution in [-0.4, -0.2) is 10.9 Å². The lowest BCUT2D eigenvalue weighted by atomic mass is 10.0. The maximum Gasteiger partial charge on any atom is 0.416 e. The Hall–Kier alpha value is -2.80. The second kappa shape index (κ2) is 6.60. The van der Waals surface area contributed by atoms with E-state index in [0.717, 1.165) is 24.6 Å². The van der Waals surface area contributed by atoms with Gasteiger partial charge in [-0.2, -0.15) is 13.2 Å². The summed E-state index contributed by atoms with van der Waals surface area (Å²) in [4.78, 5) is 16.2. The molecule has 0 aliphatic rings. The highest BCUT2D eigenvalue weighted by atomic mass is 35.5. The van der Waals surface area contributed by atoms with Crippen LogP contribution in [-0.2, 0) is 6.18 Å². The molecule has 0 fully saturated rings. The van der Waals surface area contributed by atoms with E-state index in [4.69, 9.17) is 16.0 Å². The molecule has 128 valence electrons. The molecule has 25 heavy (non-hydrogen) atoms. The Morgan fingerprint density at radius 2 is 1.84 bits per heavy atom. The molecule has 2 aromatic carbocycles. The quantitative estimate of drug-likeness (QED) is 0.687. The molecule has 1 heterocycles. The van der Waals surface area contributed by atoms with Crippen molar-refractivity contribution in [2.75, 3.05) is 5.32 Å². The number of carbonyl (C=O) groups is 1. The Balaban J connectivity index is 1.99. The SMILES string of the molecule is O=C(Nc1ccc(Cl)cc1)c1ccc(C(F)(F)F)cc1-c1cnco1. The number of rotatable bonds is 3. The number of nitrogens with zero attached hydrogens (tertiary/aromatic N) is 1. The van der Waals surface area contributed by atoms with E-state index in [1.165, 1.54) is 6.20 Å². The van der Waals surface area contributed by atoms with Gasteiger partial charge in [-0.15, -0.1) is 0 Å². The van der Waals surface area contributed by atoms with Gasteiger partial charge < -0.3 is 9.73 Å². The number of benzene rings is 2. The summed E-state index contributed by atoms with van der Waals surface area (Å²) in [6, 6.07) is 9.14. The first-order valence-corrected chi connectivity index (χ1v) is 7.39. The zero-order valence-corrected chi connectivity index (χ0v) is 13.2. The van der Waals surface area contributed by atoms with E-state index in [1.807, 2.05) is 0 Å². The van der Waals surface area contributed by atoms with Crippen LogP contribution in [0.1, 0.15) is 15.9 Å². The fourth-order valence-electron chi connectivity index (χ4n) is 2.20. The van der Waals surface area contributed by atoms with Crippen molar-refractivity contribution in [2.45, 2.75) is 6.18 Å². The Morgan fingerprint density at radius 3 is 2.44 bits per heavy atom. The van der Waals surface area contributed by atoms with Gasteiger partial charge in [0, 0.05) is 16.3 Å². The second-order valence-electron chi connectivity index (χ2n) is 5.08. The van der Waals surface area contributed by atoms with Gasteiger partial charge in [-0.3, -0.25) is 4.79 Å². The van der Waals surface area contributed by atoms with Gasteiger partial charge in [0.05, 0.1) is 17.3 Å². The third-order valence-corrected chi connectivity index (χ3v) is 3.64. The first-order chi connectivity index (χ1) is 11.8. The summed E-state index contributed by atoms with van der Waals surface area (Å²) < 4.78 is 44.0. The van der Waals surface area contributed by atoms with Crippen LogP contribution in [0.15, 0.2) is 59.5 Å². The molecule has 8 heteroatoms. The molecule has 0 aliphatic carbocycles. The highest BCUT2D eigenvalue weighted by Crippen LogP contribution is 2.34. The number of anilines is 1. The average molecular weight is 367 g/mol. The lowest BCUT2D eigenvalue weighted by Crippen LogP contribution is -2.14. The van der Waals surface area contributed by atoms with Gasteiger partial charge in [-0.25, -0.2) is 4.98 Å². The standard InChI is InChI=1S/C17H10ClF3N2O2/c18-11-2-4-12(5-3-11)23-16(24)13-6-1-10(17(19,20)21)7-14(13)15-8-22-9-25-15/h1-9H,(H,23,24). The van der Waals surface area contributed by atoms with Crippen molar-refractivity contribution < 1.29 is 22.4 Å². The summed E-state index contributed by atoms with van der Waals surface area (Å²) >= 11 is 5.78. The predicted molar refractivity (Wildman–Crippen MR) is 86.3 cm³/mol. The topological polar surface area (TPSA) is 55.1 Å². The molecular formula is C17H10ClF3N2O2. The zero-order valence-electron chi connectivity index (χ0n) is 12.5. The molecule has 0 spiro atoms. The van der Waals surface area contributed by atoms with Crippen molar-refractivity contribution in [1.82, 2.24) is 4.98 Å². The largest absolute Gasteiger partial charge is 0.443 e. The van der Waals surface area contributed by atoms with Crippen molar-refractivity contribution in [1.29, 1.82) is 0 Å². The van der Waals surface area contributed by atoms with Gasteiger partial charge in [0.2, 0.25) is 0 Å². The fourth-order valence-corrected chi connectivity index (χ4v) is 2.33. The lowest BCUT2D eigenvalue weighted by molar-refractivity contribution is -0.137. The summed E-state index contributed by atoms with van der Waals surface area (Å²) in [6.45, 7) is 0. The van der Waals surface area contributed by atoms with E-state index in [9.17, 15) is 18.0 Å². The number of amides is 1. The monoisotopic (exact) mass is 366 g/mol. The minimum atomic E-state index is -4.54. The number of oxazole rings is 1. The number of carbonyl (C=O) groups excluding carboxylic acids is 1. The number of aromatic nitrogens is 1. The fraction of sp³-hybridized carbons (Fsp3) is 0.0588. The molecule has 3 rings (SSSR count). The minimum absolute atomic E-state index is 0.00112. The van der Waals surface area contributed by atoms with Crippen LogP contribution < -0.4 is 5.32 Å². The van der Waals surface area contributed by atoms with Gasteiger partial charge >= 0.3 is 6.18 Å². The van der Waals surface area contributed by atoms with E-state index in [0.29, 0.717) is 10.7 Å². The Labute approximate surface area is 145 Å². The summed E-state index contributed by atoms with van der Waals surface area (Å²) in [5, 5.41) is 3.10. The molecule has 0 unspecified atom stereocenters. The van der Waals surface area contributed by atoms with Gasteiger partial charge in [0.25, 0.3) is 5.91 Å². The minimum Gasteiger partial charge on any atom is -0.443 e. The average Bonchev–Trinajstić information content (AvgIpc) is 3.10. The van der Waals surface area contributed by atoms with Gasteiger partial charge in [0.1, 0.15) is 0 Å². The molecule has 0 radical (unpaired) electrons. The number of nitrogens with one attached hydrogen (secondary N) is 1. The van der Waals surface area contributed by atoms with E-state index in [1.54, 1.807) is 24.3 Å². The van der Waals surface area contributed by atoms with Crippen molar-refractivity contribution in [2.24, 2.45) is 0 Å². The van der Waals surface area contributed by atoms with Crippen molar-refractivity contribution in [3.8, 4) is 11.3 Å². The Kier molecular flexibility index (Phi) is 4.50. The van der Waals surface area contributed by atoms with E-state index < -0.39 is 17.6 Å². The van der Waals surface area contributed by atoms with Crippen LogP contribution in [0, 0.1) is 0 Å². The van der Waals surface area contributed by atoms with Crippen LogP contribution in [0.3, 0.4) is 0 Å². The number of alkyl halides is 3. The summed E-state index contributed by atoms with van der Waals surface area (Å²) in [5.74, 6) is -0.519. The van der Waals surface area contributed by atoms with Gasteiger partial charge in [-0.1, -0.05) is 11.6 Å². The Bertz CT molecular complexity index is 891. The van der Waals surface area contributed by atoms with Crippen LogP contribution in [0.5, 0.6) is 0 Å².